The van der Waals surface area contributed by atoms with Crippen LogP contribution in [0.2, 0.25) is 0 Å². The minimum atomic E-state index is -2.50. The number of rotatable bonds is 6. The molecule has 1 amide bonds. The third-order valence-electron chi connectivity index (χ3n) is 12.9. The van der Waals surface area contributed by atoms with Crippen molar-refractivity contribution in [1.29, 1.82) is 0 Å². The topological polar surface area (TPSA) is 169 Å². The molecule has 316 valence electrons. The SMILES string of the molecule is C=CC[C@@H]1/C=C(\C)C[C@H](C)C[C@H](OC)[C@H]2O[C@@](O)(C(=O)C(=O)N3CCCC[C@H]3C(=O)O[C@H](/C(C)=C/C3CC[C@@H](O)[C@H](C)C3)[C@H](C)[C@@H](O)CC1=O)[C@H](C)C[C@@H]2OC. The number of carbonyl (C=O) groups excluding carboxylic acids is 4. The van der Waals surface area contributed by atoms with Crippen LogP contribution in [-0.2, 0) is 38.1 Å². The first-order chi connectivity index (χ1) is 26.4. The van der Waals surface area contributed by atoms with Crippen molar-refractivity contribution in [2.24, 2.45) is 35.5 Å². The van der Waals surface area contributed by atoms with Crippen molar-refractivity contribution in [3.63, 3.8) is 0 Å². The van der Waals surface area contributed by atoms with Crippen LogP contribution in [-0.4, -0.2) is 113 Å². The molecule has 12 heteroatoms. The largest absolute Gasteiger partial charge is 0.456 e. The summed E-state index contributed by atoms with van der Waals surface area (Å²) in [7, 11) is 3.06. The lowest BCUT2D eigenvalue weighted by molar-refractivity contribution is -0.302. The molecule has 1 aliphatic carbocycles. The Morgan fingerprint density at radius 2 is 1.64 bits per heavy atom. The molecule has 3 aliphatic heterocycles. The maximum absolute atomic E-state index is 14.3. The van der Waals surface area contributed by atoms with Gasteiger partial charge in [-0.15, -0.1) is 6.58 Å². The molecule has 3 N–H and O–H groups in total. The fraction of sp³-hybridized carbons (Fsp3) is 0.773. The number of fused-ring (bicyclic) bond motifs is 3. The van der Waals surface area contributed by atoms with E-state index in [1.165, 1.54) is 19.1 Å². The van der Waals surface area contributed by atoms with Gasteiger partial charge in [-0.2, -0.15) is 0 Å². The van der Waals surface area contributed by atoms with Crippen LogP contribution in [0.15, 0.2) is 36.0 Å². The average molecular weight is 788 g/mol. The number of piperidine rings is 1. The number of Topliss-reactive ketones (excluding diaryl/α,β-unsaturated/α-hetero) is 2. The lowest BCUT2D eigenvalue weighted by atomic mass is 9.78. The van der Waals surface area contributed by atoms with Crippen molar-refractivity contribution in [2.75, 3.05) is 20.8 Å². The van der Waals surface area contributed by atoms with E-state index >= 15 is 0 Å². The van der Waals surface area contributed by atoms with Crippen molar-refractivity contribution >= 4 is 23.4 Å². The van der Waals surface area contributed by atoms with Crippen LogP contribution in [0.4, 0.5) is 0 Å². The Labute approximate surface area is 334 Å². The number of esters is 1. The van der Waals surface area contributed by atoms with E-state index in [4.69, 9.17) is 18.9 Å². The second-order valence-corrected chi connectivity index (χ2v) is 17.5. The Balaban J connectivity index is 1.78. The normalized spacial score (nSPS) is 41.5. The number of aliphatic hydroxyl groups excluding tert-OH is 2. The molecule has 0 radical (unpaired) electrons. The minimum absolute atomic E-state index is 0.0180. The molecule has 4 rings (SSSR count). The van der Waals surface area contributed by atoms with E-state index in [2.05, 4.69) is 6.58 Å². The smallest absolute Gasteiger partial charge is 0.329 e. The van der Waals surface area contributed by atoms with Gasteiger partial charge in [0.25, 0.3) is 11.7 Å². The molecule has 1 unspecified atom stereocenters. The van der Waals surface area contributed by atoms with Gasteiger partial charge in [-0.05, 0) is 101 Å². The molecule has 4 aliphatic rings. The second kappa shape index (κ2) is 20.3. The molecule has 3 heterocycles. The lowest BCUT2D eigenvalue weighted by Crippen LogP contribution is -2.64. The van der Waals surface area contributed by atoms with Crippen molar-refractivity contribution in [1.82, 2.24) is 4.90 Å². The van der Waals surface area contributed by atoms with Gasteiger partial charge < -0.3 is 39.2 Å². The van der Waals surface area contributed by atoms with E-state index in [1.54, 1.807) is 19.9 Å². The lowest BCUT2D eigenvalue weighted by Gasteiger charge is -2.47. The molecule has 12 nitrogen and oxygen atoms in total. The van der Waals surface area contributed by atoms with E-state index in [0.717, 1.165) is 18.4 Å². The zero-order chi connectivity index (χ0) is 41.5. The van der Waals surface area contributed by atoms with Crippen molar-refractivity contribution in [3.05, 3.63) is 36.0 Å². The number of ether oxygens (including phenoxy) is 4. The number of cyclic esters (lactones) is 1. The summed E-state index contributed by atoms with van der Waals surface area (Å²) in [4.78, 5) is 57.8. The summed E-state index contributed by atoms with van der Waals surface area (Å²) in [5.74, 6) is -7.42. The summed E-state index contributed by atoms with van der Waals surface area (Å²) in [6.07, 6.45) is 6.14. The summed E-state index contributed by atoms with van der Waals surface area (Å²) in [5.41, 5.74) is 1.67. The van der Waals surface area contributed by atoms with Crippen molar-refractivity contribution < 1.29 is 53.4 Å². The number of methoxy groups -OCH3 is 2. The van der Waals surface area contributed by atoms with Gasteiger partial charge in [0.2, 0.25) is 5.79 Å². The maximum Gasteiger partial charge on any atom is 0.329 e. The predicted octanol–water partition coefficient (Wildman–Crippen LogP) is 5.26. The number of hydrogen-bond donors (Lipinski definition) is 3. The molecular formula is C44H69NO11. The zero-order valence-electron chi connectivity index (χ0n) is 35.0. The number of hydrogen-bond acceptors (Lipinski definition) is 11. The molecule has 3 fully saturated rings. The maximum atomic E-state index is 14.3. The molecule has 2 saturated heterocycles. The van der Waals surface area contributed by atoms with Gasteiger partial charge in [-0.25, -0.2) is 4.79 Å². The van der Waals surface area contributed by atoms with E-state index < -0.39 is 77.8 Å². The third-order valence-corrected chi connectivity index (χ3v) is 12.9. The molecule has 0 aromatic carbocycles. The van der Waals surface area contributed by atoms with Gasteiger partial charge in [0.15, 0.2) is 0 Å². The van der Waals surface area contributed by atoms with E-state index in [1.807, 2.05) is 39.8 Å². The number of ketones is 2. The van der Waals surface area contributed by atoms with Crippen LogP contribution >= 0.6 is 0 Å². The first-order valence-corrected chi connectivity index (χ1v) is 20.8. The predicted molar refractivity (Wildman–Crippen MR) is 211 cm³/mol. The van der Waals surface area contributed by atoms with E-state index in [9.17, 15) is 34.5 Å². The number of allylic oxidation sites excluding steroid dienone is 4. The Morgan fingerprint density at radius 3 is 2.29 bits per heavy atom. The van der Waals surface area contributed by atoms with Crippen LogP contribution in [0.5, 0.6) is 0 Å². The number of aliphatic hydroxyl groups is 3. The molecular weight excluding hydrogens is 718 g/mol. The zero-order valence-corrected chi connectivity index (χ0v) is 35.0. The van der Waals surface area contributed by atoms with Crippen molar-refractivity contribution in [2.45, 2.75) is 161 Å². The van der Waals surface area contributed by atoms with Crippen molar-refractivity contribution in [3.8, 4) is 0 Å². The van der Waals surface area contributed by atoms with Gasteiger partial charge in [-0.1, -0.05) is 51.5 Å². The van der Waals surface area contributed by atoms with Crippen LogP contribution in [0.1, 0.15) is 112 Å². The monoisotopic (exact) mass is 787 g/mol. The van der Waals surface area contributed by atoms with Gasteiger partial charge in [0.05, 0.1) is 24.4 Å². The highest BCUT2D eigenvalue weighted by molar-refractivity contribution is 6.39. The van der Waals surface area contributed by atoms with Gasteiger partial charge in [0, 0.05) is 44.9 Å². The Kier molecular flexibility index (Phi) is 16.7. The molecule has 0 aromatic rings. The van der Waals surface area contributed by atoms with Crippen LogP contribution in [0.25, 0.3) is 0 Å². The molecule has 1 saturated carbocycles. The summed E-state index contributed by atoms with van der Waals surface area (Å²) >= 11 is 0. The molecule has 56 heavy (non-hydrogen) atoms. The second-order valence-electron chi connectivity index (χ2n) is 17.5. The minimum Gasteiger partial charge on any atom is -0.456 e. The molecule has 2 bridgehead atoms. The summed E-state index contributed by atoms with van der Waals surface area (Å²) in [5, 5.41) is 34.1. The summed E-state index contributed by atoms with van der Waals surface area (Å²) in [6, 6.07) is -1.12. The quantitative estimate of drug-likeness (QED) is 0.183. The van der Waals surface area contributed by atoms with Crippen LogP contribution < -0.4 is 0 Å². The van der Waals surface area contributed by atoms with Gasteiger partial charge in [-0.3, -0.25) is 14.4 Å². The van der Waals surface area contributed by atoms with E-state index in [-0.39, 0.29) is 55.4 Å². The highest BCUT2D eigenvalue weighted by Gasteiger charge is 2.56. The number of carbonyl (C=O) groups is 4. The molecule has 0 spiro atoms. The third kappa shape index (κ3) is 10.8. The number of nitrogens with zero attached hydrogens (tertiary/aromatic N) is 1. The van der Waals surface area contributed by atoms with Gasteiger partial charge in [0.1, 0.15) is 24.0 Å². The fourth-order valence-corrected chi connectivity index (χ4v) is 9.45. The fourth-order valence-electron chi connectivity index (χ4n) is 9.45. The standard InChI is InChI=1S/C44H69NO11/c1-10-13-32-19-25(2)18-26(3)20-37(53-8)40-38(54-9)23-29(6)44(52,56-40)41(49)42(50)45-17-12-11-14-33(45)43(51)55-39(30(7)35(47)24-36(32)48)28(5)22-31-15-16-34(46)27(4)21-31/h10,19,22,26-27,29-35,37-40,46-47,52H,1,11-18,20-21,23-24H2,2-9H3/b25-19+,28-22+/t26-,27+,29+,30+,31?,32+,33-,34+,35-,37-,38-,39+,40+,44+/m0/s1. The highest BCUT2D eigenvalue weighted by atomic mass is 16.7. The molecule has 0 aromatic heterocycles. The van der Waals surface area contributed by atoms with Gasteiger partial charge >= 0.3 is 5.97 Å². The molecule has 14 atom stereocenters. The van der Waals surface area contributed by atoms with E-state index in [0.29, 0.717) is 44.1 Å². The van der Waals surface area contributed by atoms with Crippen LogP contribution in [0.3, 0.4) is 0 Å². The first kappa shape index (κ1) is 46.0. The Morgan fingerprint density at radius 1 is 0.964 bits per heavy atom. The first-order valence-electron chi connectivity index (χ1n) is 20.8. The Hall–Kier alpha value is -2.74. The number of amides is 1. The summed E-state index contributed by atoms with van der Waals surface area (Å²) in [6.45, 7) is 15.2. The summed E-state index contributed by atoms with van der Waals surface area (Å²) < 4.78 is 24.2. The average Bonchev–Trinajstić information content (AvgIpc) is 3.16. The Bertz CT molecular complexity index is 1460. The van der Waals surface area contributed by atoms with Crippen LogP contribution in [0, 0.1) is 35.5 Å². The highest BCUT2D eigenvalue weighted by Crippen LogP contribution is 2.39.